The molecule has 2 saturated heterocycles. The van der Waals surface area contributed by atoms with E-state index in [0.717, 1.165) is 40.9 Å². The first-order chi connectivity index (χ1) is 14.0. The molecule has 0 saturated carbocycles. The van der Waals surface area contributed by atoms with Crippen molar-refractivity contribution in [2.45, 2.75) is 12.8 Å². The molecule has 3 heterocycles. The number of halogens is 1. The maximum atomic E-state index is 13.8. The highest BCUT2D eigenvalue weighted by Crippen LogP contribution is 2.30. The van der Waals surface area contributed by atoms with Crippen LogP contribution in [0.4, 0.5) is 9.52 Å². The highest BCUT2D eigenvalue weighted by atomic mass is 32.1. The first-order valence-electron chi connectivity index (χ1n) is 9.63. The second-order valence-corrected chi connectivity index (χ2v) is 8.14. The number of likely N-dealkylation sites (tertiary alicyclic amines) is 1. The average molecular weight is 419 g/mol. The number of anilines is 1. The lowest BCUT2D eigenvalue weighted by molar-refractivity contribution is -0.142. The van der Waals surface area contributed by atoms with Crippen molar-refractivity contribution in [3.05, 3.63) is 24.0 Å². The first kappa shape index (κ1) is 19.7. The minimum Gasteiger partial charge on any atom is -0.353 e. The monoisotopic (exact) mass is 419 g/mol. The van der Waals surface area contributed by atoms with E-state index in [1.807, 2.05) is 6.07 Å². The number of para-hydroxylation sites is 1. The predicted octanol–water partition coefficient (Wildman–Crippen LogP) is 0.823. The van der Waals surface area contributed by atoms with Crippen molar-refractivity contribution in [3.8, 4) is 0 Å². The van der Waals surface area contributed by atoms with Gasteiger partial charge in [-0.2, -0.15) is 0 Å². The van der Waals surface area contributed by atoms with Gasteiger partial charge in [0.2, 0.25) is 17.7 Å². The van der Waals surface area contributed by atoms with Crippen molar-refractivity contribution in [1.29, 1.82) is 0 Å². The fourth-order valence-corrected chi connectivity index (χ4v) is 4.59. The molecule has 1 aromatic heterocycles. The Morgan fingerprint density at radius 3 is 2.55 bits per heavy atom. The molecule has 8 nitrogen and oxygen atoms in total. The van der Waals surface area contributed by atoms with Crippen LogP contribution in [-0.4, -0.2) is 78.3 Å². The normalized spacial score (nSPS) is 18.1. The Morgan fingerprint density at radius 2 is 1.86 bits per heavy atom. The number of aromatic nitrogens is 1. The van der Waals surface area contributed by atoms with Crippen LogP contribution in [0.5, 0.6) is 0 Å². The van der Waals surface area contributed by atoms with Gasteiger partial charge in [0.05, 0.1) is 4.70 Å². The van der Waals surface area contributed by atoms with Crippen molar-refractivity contribution >= 4 is 44.4 Å². The third-order valence-corrected chi connectivity index (χ3v) is 6.29. The largest absolute Gasteiger partial charge is 0.353 e. The molecule has 10 heteroatoms. The van der Waals surface area contributed by atoms with Crippen molar-refractivity contribution in [2.24, 2.45) is 0 Å². The lowest BCUT2D eigenvalue weighted by Crippen LogP contribution is -2.49. The van der Waals surface area contributed by atoms with Crippen LogP contribution in [0, 0.1) is 5.82 Å². The Labute approximate surface area is 171 Å². The van der Waals surface area contributed by atoms with Crippen LogP contribution < -0.4 is 10.2 Å². The first-order valence-corrected chi connectivity index (χ1v) is 10.4. The van der Waals surface area contributed by atoms with Gasteiger partial charge in [-0.1, -0.05) is 17.4 Å². The van der Waals surface area contributed by atoms with E-state index in [2.05, 4.69) is 20.1 Å². The second kappa shape index (κ2) is 8.42. The number of fused-ring (bicyclic) bond motifs is 1. The summed E-state index contributed by atoms with van der Waals surface area (Å²) in [6.45, 7) is 4.16. The average Bonchev–Trinajstić information content (AvgIpc) is 3.28. The van der Waals surface area contributed by atoms with Crippen LogP contribution in [0.2, 0.25) is 0 Å². The second-order valence-electron chi connectivity index (χ2n) is 7.14. The molecule has 0 radical (unpaired) electrons. The number of piperazine rings is 1. The molecule has 29 heavy (non-hydrogen) atoms. The van der Waals surface area contributed by atoms with E-state index in [4.69, 9.17) is 0 Å². The Kier molecular flexibility index (Phi) is 5.72. The number of benzene rings is 1. The van der Waals surface area contributed by atoms with E-state index in [-0.39, 0.29) is 42.9 Å². The van der Waals surface area contributed by atoms with Gasteiger partial charge in [0.15, 0.2) is 5.13 Å². The number of carbonyl (C=O) groups excluding carboxylic acids is 3. The Hall–Kier alpha value is -2.59. The summed E-state index contributed by atoms with van der Waals surface area (Å²) < 4.78 is 14.7. The highest BCUT2D eigenvalue weighted by molar-refractivity contribution is 7.22. The zero-order valence-electron chi connectivity index (χ0n) is 15.9. The van der Waals surface area contributed by atoms with E-state index in [9.17, 15) is 18.8 Å². The van der Waals surface area contributed by atoms with Crippen LogP contribution in [0.1, 0.15) is 12.8 Å². The molecule has 0 unspecified atom stereocenters. The maximum absolute atomic E-state index is 13.8. The summed E-state index contributed by atoms with van der Waals surface area (Å²) in [6, 6.07) is 5.00. The number of hydrogen-bond donors (Lipinski definition) is 1. The van der Waals surface area contributed by atoms with Gasteiger partial charge in [0.25, 0.3) is 0 Å². The van der Waals surface area contributed by atoms with E-state index in [1.165, 1.54) is 17.4 Å². The molecule has 1 aromatic carbocycles. The minimum absolute atomic E-state index is 0.192. The molecule has 2 fully saturated rings. The van der Waals surface area contributed by atoms with Crippen LogP contribution in [0.15, 0.2) is 18.2 Å². The number of amides is 3. The van der Waals surface area contributed by atoms with Crippen LogP contribution in [-0.2, 0) is 14.4 Å². The number of nitrogens with one attached hydrogen (secondary N) is 1. The SMILES string of the molecule is O=C(CN1C(=O)CCC1=O)NCCN1CCN(c2nc3c(F)cccc3s2)CC1. The van der Waals surface area contributed by atoms with Crippen LogP contribution in [0.3, 0.4) is 0 Å². The van der Waals surface area contributed by atoms with Crippen molar-refractivity contribution in [1.82, 2.24) is 20.1 Å². The third-order valence-electron chi connectivity index (χ3n) is 5.21. The number of nitrogens with zero attached hydrogens (tertiary/aromatic N) is 4. The number of rotatable bonds is 6. The number of imide groups is 1. The molecule has 0 bridgehead atoms. The van der Waals surface area contributed by atoms with Gasteiger partial charge in [-0.25, -0.2) is 9.37 Å². The zero-order valence-corrected chi connectivity index (χ0v) is 16.7. The molecule has 154 valence electrons. The maximum Gasteiger partial charge on any atom is 0.240 e. The number of hydrogen-bond acceptors (Lipinski definition) is 7. The molecular weight excluding hydrogens is 397 g/mol. The minimum atomic E-state index is -0.316. The topological polar surface area (TPSA) is 85.8 Å². The smallest absolute Gasteiger partial charge is 0.240 e. The molecule has 2 aliphatic heterocycles. The van der Waals surface area contributed by atoms with Gasteiger partial charge in [0.1, 0.15) is 17.9 Å². The van der Waals surface area contributed by atoms with Gasteiger partial charge in [-0.3, -0.25) is 24.2 Å². The van der Waals surface area contributed by atoms with E-state index in [0.29, 0.717) is 18.6 Å². The molecule has 2 aromatic rings. The Bertz CT molecular complexity index is 925. The van der Waals surface area contributed by atoms with E-state index >= 15 is 0 Å². The third kappa shape index (κ3) is 4.38. The fraction of sp³-hybridized carbons (Fsp3) is 0.474. The molecule has 0 atom stereocenters. The predicted molar refractivity (Wildman–Crippen MR) is 107 cm³/mol. The summed E-state index contributed by atoms with van der Waals surface area (Å²) in [5.74, 6) is -1.17. The summed E-state index contributed by atoms with van der Waals surface area (Å²) in [7, 11) is 0. The summed E-state index contributed by atoms with van der Waals surface area (Å²) in [5, 5.41) is 3.60. The fourth-order valence-electron chi connectivity index (χ4n) is 3.55. The highest BCUT2D eigenvalue weighted by Gasteiger charge is 2.30. The lowest BCUT2D eigenvalue weighted by atomic mass is 10.3. The Morgan fingerprint density at radius 1 is 1.14 bits per heavy atom. The van der Waals surface area contributed by atoms with Gasteiger partial charge in [-0.05, 0) is 12.1 Å². The molecule has 2 aliphatic rings. The van der Waals surface area contributed by atoms with E-state index in [1.54, 1.807) is 6.07 Å². The Balaban J connectivity index is 1.21. The standard InChI is InChI=1S/C19H22FN5O3S/c20-13-2-1-3-14-18(13)22-19(29-14)24-10-8-23(9-11-24)7-6-21-15(26)12-25-16(27)4-5-17(25)28/h1-3H,4-12H2,(H,21,26). The summed E-state index contributed by atoms with van der Waals surface area (Å²) >= 11 is 1.50. The molecule has 0 spiro atoms. The summed E-state index contributed by atoms with van der Waals surface area (Å²) in [6.07, 6.45) is 0.384. The van der Waals surface area contributed by atoms with E-state index < -0.39 is 0 Å². The number of carbonyl (C=O) groups is 3. The van der Waals surface area contributed by atoms with Gasteiger partial charge < -0.3 is 10.2 Å². The summed E-state index contributed by atoms with van der Waals surface area (Å²) in [4.78, 5) is 44.9. The molecule has 3 amide bonds. The lowest BCUT2D eigenvalue weighted by Gasteiger charge is -2.34. The van der Waals surface area contributed by atoms with Gasteiger partial charge in [0, 0.05) is 52.1 Å². The summed E-state index contributed by atoms with van der Waals surface area (Å²) in [5.41, 5.74) is 0.424. The quantitative estimate of drug-likeness (QED) is 0.698. The molecule has 0 aliphatic carbocycles. The van der Waals surface area contributed by atoms with Crippen molar-refractivity contribution in [3.63, 3.8) is 0 Å². The zero-order chi connectivity index (χ0) is 20.4. The van der Waals surface area contributed by atoms with Gasteiger partial charge in [-0.15, -0.1) is 0 Å². The number of thiazole rings is 1. The van der Waals surface area contributed by atoms with Crippen LogP contribution >= 0.6 is 11.3 Å². The molecule has 4 rings (SSSR count). The van der Waals surface area contributed by atoms with Crippen LogP contribution in [0.25, 0.3) is 10.2 Å². The van der Waals surface area contributed by atoms with Gasteiger partial charge >= 0.3 is 0 Å². The molecule has 1 N–H and O–H groups in total. The van der Waals surface area contributed by atoms with Crippen molar-refractivity contribution < 1.29 is 18.8 Å². The van der Waals surface area contributed by atoms with Crippen molar-refractivity contribution in [2.75, 3.05) is 50.7 Å². The molecular formula is C19H22FN5O3S.